The molecule has 0 spiro atoms. The van der Waals surface area contributed by atoms with Gasteiger partial charge in [0.25, 0.3) is 0 Å². The maximum absolute atomic E-state index is 5.60. The first-order valence-corrected chi connectivity index (χ1v) is 5.64. The number of rotatable bonds is 5. The van der Waals surface area contributed by atoms with Crippen molar-refractivity contribution in [3.8, 4) is 0 Å². The van der Waals surface area contributed by atoms with Crippen molar-refractivity contribution in [1.29, 1.82) is 0 Å². The Hall–Kier alpha value is -0.120. The van der Waals surface area contributed by atoms with E-state index in [0.717, 1.165) is 19.4 Å². The Morgan fingerprint density at radius 1 is 1.29 bits per heavy atom. The van der Waals surface area contributed by atoms with E-state index in [2.05, 4.69) is 6.92 Å². The molecule has 84 valence electrons. The van der Waals surface area contributed by atoms with Crippen LogP contribution in [0.2, 0.25) is 0 Å². The summed E-state index contributed by atoms with van der Waals surface area (Å²) < 4.78 is 16.8. The maximum atomic E-state index is 5.60. The molecule has 0 aromatic rings. The lowest BCUT2D eigenvalue weighted by atomic mass is 9.94. The van der Waals surface area contributed by atoms with Gasteiger partial charge in [0.05, 0.1) is 6.10 Å². The summed E-state index contributed by atoms with van der Waals surface area (Å²) in [6.07, 6.45) is 2.43. The van der Waals surface area contributed by atoms with Crippen LogP contribution in [0.3, 0.4) is 0 Å². The zero-order valence-electron chi connectivity index (χ0n) is 9.49. The van der Waals surface area contributed by atoms with Crippen molar-refractivity contribution >= 4 is 0 Å². The van der Waals surface area contributed by atoms with Crippen LogP contribution >= 0.6 is 0 Å². The molecule has 3 heteroatoms. The SMILES string of the molecule is CCOC(OCC)C1CCCOC1C. The molecule has 0 radical (unpaired) electrons. The Morgan fingerprint density at radius 2 is 1.93 bits per heavy atom. The molecule has 0 aliphatic carbocycles. The summed E-state index contributed by atoms with van der Waals surface area (Å²) >= 11 is 0. The molecule has 3 nitrogen and oxygen atoms in total. The average molecular weight is 202 g/mol. The third-order valence-corrected chi connectivity index (χ3v) is 2.68. The summed E-state index contributed by atoms with van der Waals surface area (Å²) in [5, 5.41) is 0. The summed E-state index contributed by atoms with van der Waals surface area (Å²) in [6, 6.07) is 0. The monoisotopic (exact) mass is 202 g/mol. The van der Waals surface area contributed by atoms with Gasteiger partial charge in [-0.1, -0.05) is 0 Å². The minimum atomic E-state index is -0.0831. The first-order valence-electron chi connectivity index (χ1n) is 5.64. The third kappa shape index (κ3) is 3.23. The molecule has 1 heterocycles. The lowest BCUT2D eigenvalue weighted by Crippen LogP contribution is -2.38. The molecule has 0 aromatic heterocycles. The van der Waals surface area contributed by atoms with Gasteiger partial charge in [-0.3, -0.25) is 0 Å². The molecule has 1 aliphatic rings. The van der Waals surface area contributed by atoms with Gasteiger partial charge >= 0.3 is 0 Å². The van der Waals surface area contributed by atoms with E-state index in [0.29, 0.717) is 19.1 Å². The Kier molecular flexibility index (Phi) is 5.45. The fourth-order valence-electron chi connectivity index (χ4n) is 1.93. The van der Waals surface area contributed by atoms with Crippen LogP contribution in [0.4, 0.5) is 0 Å². The van der Waals surface area contributed by atoms with E-state index < -0.39 is 0 Å². The van der Waals surface area contributed by atoms with Gasteiger partial charge in [-0.05, 0) is 33.6 Å². The van der Waals surface area contributed by atoms with E-state index in [1.807, 2.05) is 13.8 Å². The van der Waals surface area contributed by atoms with Crippen molar-refractivity contribution in [1.82, 2.24) is 0 Å². The van der Waals surface area contributed by atoms with Crippen LogP contribution in [0.1, 0.15) is 33.6 Å². The summed E-state index contributed by atoms with van der Waals surface area (Å²) in [6.45, 7) is 8.39. The number of hydrogen-bond donors (Lipinski definition) is 0. The van der Waals surface area contributed by atoms with Gasteiger partial charge in [0.2, 0.25) is 0 Å². The van der Waals surface area contributed by atoms with Crippen molar-refractivity contribution in [3.05, 3.63) is 0 Å². The third-order valence-electron chi connectivity index (χ3n) is 2.68. The fraction of sp³-hybridized carbons (Fsp3) is 1.00. The van der Waals surface area contributed by atoms with E-state index in [1.165, 1.54) is 0 Å². The van der Waals surface area contributed by atoms with Crippen LogP contribution < -0.4 is 0 Å². The van der Waals surface area contributed by atoms with Crippen molar-refractivity contribution in [3.63, 3.8) is 0 Å². The summed E-state index contributed by atoms with van der Waals surface area (Å²) in [7, 11) is 0. The molecule has 1 saturated heterocycles. The lowest BCUT2D eigenvalue weighted by molar-refractivity contribution is -0.201. The highest BCUT2D eigenvalue weighted by Gasteiger charge is 2.30. The first-order chi connectivity index (χ1) is 6.79. The molecular weight excluding hydrogens is 180 g/mol. The molecule has 0 bridgehead atoms. The summed E-state index contributed by atoms with van der Waals surface area (Å²) in [5.41, 5.74) is 0. The van der Waals surface area contributed by atoms with Crippen LogP contribution in [0, 0.1) is 5.92 Å². The maximum Gasteiger partial charge on any atom is 0.162 e. The Labute approximate surface area is 86.7 Å². The van der Waals surface area contributed by atoms with Crippen LogP contribution in [0.25, 0.3) is 0 Å². The molecule has 1 rings (SSSR count). The summed E-state index contributed by atoms with van der Waals surface area (Å²) in [4.78, 5) is 0. The van der Waals surface area contributed by atoms with Gasteiger partial charge in [-0.2, -0.15) is 0 Å². The second-order valence-corrected chi connectivity index (χ2v) is 3.66. The molecule has 1 fully saturated rings. The molecule has 14 heavy (non-hydrogen) atoms. The number of ether oxygens (including phenoxy) is 3. The molecule has 2 unspecified atom stereocenters. The fourth-order valence-corrected chi connectivity index (χ4v) is 1.93. The van der Waals surface area contributed by atoms with Crippen LogP contribution in [-0.2, 0) is 14.2 Å². The standard InChI is InChI=1S/C11H22O3/c1-4-12-11(13-5-2)10-7-6-8-14-9(10)3/h9-11H,4-8H2,1-3H3. The van der Waals surface area contributed by atoms with Crippen molar-refractivity contribution in [2.75, 3.05) is 19.8 Å². The van der Waals surface area contributed by atoms with E-state index in [4.69, 9.17) is 14.2 Å². The highest BCUT2D eigenvalue weighted by molar-refractivity contribution is 4.74. The van der Waals surface area contributed by atoms with Gasteiger partial charge in [-0.25, -0.2) is 0 Å². The van der Waals surface area contributed by atoms with Crippen molar-refractivity contribution in [2.24, 2.45) is 5.92 Å². The van der Waals surface area contributed by atoms with E-state index >= 15 is 0 Å². The zero-order chi connectivity index (χ0) is 10.4. The van der Waals surface area contributed by atoms with Gasteiger partial charge in [0.15, 0.2) is 6.29 Å². The highest BCUT2D eigenvalue weighted by Crippen LogP contribution is 2.26. The lowest BCUT2D eigenvalue weighted by Gasteiger charge is -2.34. The van der Waals surface area contributed by atoms with Gasteiger partial charge in [0.1, 0.15) is 0 Å². The van der Waals surface area contributed by atoms with E-state index in [-0.39, 0.29) is 12.4 Å². The minimum absolute atomic E-state index is 0.0831. The van der Waals surface area contributed by atoms with Crippen molar-refractivity contribution < 1.29 is 14.2 Å². The van der Waals surface area contributed by atoms with E-state index in [9.17, 15) is 0 Å². The van der Waals surface area contributed by atoms with Crippen LogP contribution in [0.5, 0.6) is 0 Å². The molecule has 2 atom stereocenters. The van der Waals surface area contributed by atoms with Crippen LogP contribution in [0.15, 0.2) is 0 Å². The van der Waals surface area contributed by atoms with Crippen LogP contribution in [-0.4, -0.2) is 32.2 Å². The zero-order valence-corrected chi connectivity index (χ0v) is 9.49. The van der Waals surface area contributed by atoms with E-state index in [1.54, 1.807) is 0 Å². The average Bonchev–Trinajstić information content (AvgIpc) is 2.18. The molecule has 1 aliphatic heterocycles. The molecule has 0 saturated carbocycles. The molecule has 0 amide bonds. The predicted octanol–water partition coefficient (Wildman–Crippen LogP) is 2.20. The Morgan fingerprint density at radius 3 is 2.43 bits per heavy atom. The largest absolute Gasteiger partial charge is 0.378 e. The second-order valence-electron chi connectivity index (χ2n) is 3.66. The minimum Gasteiger partial charge on any atom is -0.378 e. The highest BCUT2D eigenvalue weighted by atomic mass is 16.7. The van der Waals surface area contributed by atoms with Gasteiger partial charge in [0, 0.05) is 25.7 Å². The second kappa shape index (κ2) is 6.38. The van der Waals surface area contributed by atoms with Crippen molar-refractivity contribution in [2.45, 2.75) is 46.0 Å². The van der Waals surface area contributed by atoms with Gasteiger partial charge in [-0.15, -0.1) is 0 Å². The first kappa shape index (κ1) is 12.0. The smallest absolute Gasteiger partial charge is 0.162 e. The summed E-state index contributed by atoms with van der Waals surface area (Å²) in [5.74, 6) is 0.392. The molecule has 0 N–H and O–H groups in total. The Bertz CT molecular complexity index is 143. The topological polar surface area (TPSA) is 27.7 Å². The predicted molar refractivity (Wildman–Crippen MR) is 55.2 cm³/mol. The normalized spacial score (nSPS) is 28.3. The quantitative estimate of drug-likeness (QED) is 0.640. The van der Waals surface area contributed by atoms with Gasteiger partial charge < -0.3 is 14.2 Å². The number of hydrogen-bond acceptors (Lipinski definition) is 3. The molecule has 0 aromatic carbocycles. The molecular formula is C11H22O3. The Balaban J connectivity index is 2.46.